The number of rotatable bonds is 11. The Morgan fingerprint density at radius 3 is 2.39 bits per heavy atom. The van der Waals surface area contributed by atoms with Crippen LogP contribution in [0.15, 0.2) is 53.6 Å². The van der Waals surface area contributed by atoms with Crippen molar-refractivity contribution in [1.29, 1.82) is 5.26 Å². The zero-order valence-electron chi connectivity index (χ0n) is 16.1. The number of hydrazone groups is 1. The summed E-state index contributed by atoms with van der Waals surface area (Å²) in [5, 5.41) is 12.7. The Kier molecular flexibility index (Phi) is 9.09. The van der Waals surface area contributed by atoms with E-state index in [0.717, 1.165) is 24.3 Å². The highest BCUT2D eigenvalue weighted by Crippen LogP contribution is 2.12. The second-order valence-electron chi connectivity index (χ2n) is 6.20. The number of nitriles is 1. The van der Waals surface area contributed by atoms with Gasteiger partial charge in [-0.1, -0.05) is 26.2 Å². The Morgan fingerprint density at radius 1 is 1.04 bits per heavy atom. The van der Waals surface area contributed by atoms with Crippen LogP contribution in [0.4, 0.5) is 0 Å². The molecule has 0 saturated carbocycles. The molecule has 146 valence electrons. The van der Waals surface area contributed by atoms with Crippen LogP contribution in [0.3, 0.4) is 0 Å². The Balaban J connectivity index is 1.68. The lowest BCUT2D eigenvalue weighted by Gasteiger charge is -2.06. The molecule has 0 spiro atoms. The van der Waals surface area contributed by atoms with E-state index in [1.54, 1.807) is 30.5 Å². The maximum Gasteiger partial charge on any atom is 0.277 e. The molecule has 1 amide bonds. The molecule has 0 radical (unpaired) electrons. The van der Waals surface area contributed by atoms with E-state index >= 15 is 0 Å². The topological polar surface area (TPSA) is 83.7 Å². The van der Waals surface area contributed by atoms with Gasteiger partial charge in [-0.2, -0.15) is 10.4 Å². The number of nitrogens with zero attached hydrogens (tertiary/aromatic N) is 2. The van der Waals surface area contributed by atoms with Crippen LogP contribution in [0.1, 0.15) is 43.7 Å². The summed E-state index contributed by atoms with van der Waals surface area (Å²) in [5.74, 6) is 0.976. The predicted octanol–water partition coefficient (Wildman–Crippen LogP) is 4.05. The van der Waals surface area contributed by atoms with Gasteiger partial charge in [0.15, 0.2) is 6.61 Å². The smallest absolute Gasteiger partial charge is 0.277 e. The molecule has 0 aromatic heterocycles. The highest BCUT2D eigenvalue weighted by Gasteiger charge is 2.01. The molecule has 2 rings (SSSR count). The molecular formula is C22H25N3O3. The fraction of sp³-hybridized carbons (Fsp3) is 0.318. The summed E-state index contributed by atoms with van der Waals surface area (Å²) in [6, 6.07) is 16.1. The van der Waals surface area contributed by atoms with Crippen LogP contribution in [0.2, 0.25) is 0 Å². The fourth-order valence-corrected chi connectivity index (χ4v) is 2.35. The van der Waals surface area contributed by atoms with Gasteiger partial charge in [-0.3, -0.25) is 4.79 Å². The van der Waals surface area contributed by atoms with Gasteiger partial charge in [0.05, 0.1) is 24.5 Å². The highest BCUT2D eigenvalue weighted by atomic mass is 16.5. The molecule has 6 heteroatoms. The van der Waals surface area contributed by atoms with E-state index in [0.29, 0.717) is 11.3 Å². The first kappa shape index (κ1) is 21.0. The number of carbonyl (C=O) groups excluding carboxylic acids is 1. The summed E-state index contributed by atoms with van der Waals surface area (Å²) in [5.41, 5.74) is 3.80. The van der Waals surface area contributed by atoms with Crippen LogP contribution in [0.5, 0.6) is 11.5 Å². The maximum absolute atomic E-state index is 11.8. The van der Waals surface area contributed by atoms with E-state index in [2.05, 4.69) is 17.5 Å². The molecule has 0 bridgehead atoms. The molecule has 0 aliphatic rings. The van der Waals surface area contributed by atoms with Crippen molar-refractivity contribution in [2.75, 3.05) is 13.2 Å². The van der Waals surface area contributed by atoms with Crippen molar-refractivity contribution >= 4 is 12.1 Å². The quantitative estimate of drug-likeness (QED) is 0.363. The first-order valence-electron chi connectivity index (χ1n) is 9.39. The molecule has 0 unspecified atom stereocenters. The van der Waals surface area contributed by atoms with Crippen molar-refractivity contribution in [3.8, 4) is 17.6 Å². The van der Waals surface area contributed by atoms with Crippen molar-refractivity contribution < 1.29 is 14.3 Å². The second kappa shape index (κ2) is 12.1. The van der Waals surface area contributed by atoms with Crippen molar-refractivity contribution in [2.45, 2.75) is 32.6 Å². The van der Waals surface area contributed by atoms with Gasteiger partial charge in [0, 0.05) is 0 Å². The highest BCUT2D eigenvalue weighted by molar-refractivity contribution is 5.83. The Morgan fingerprint density at radius 2 is 1.71 bits per heavy atom. The van der Waals surface area contributed by atoms with E-state index in [1.165, 1.54) is 19.3 Å². The van der Waals surface area contributed by atoms with Crippen LogP contribution in [0.25, 0.3) is 0 Å². The van der Waals surface area contributed by atoms with Crippen LogP contribution in [0, 0.1) is 11.3 Å². The lowest BCUT2D eigenvalue weighted by molar-refractivity contribution is -0.123. The third-order valence-corrected chi connectivity index (χ3v) is 3.90. The number of carbonyl (C=O) groups is 1. The van der Waals surface area contributed by atoms with Crippen LogP contribution in [-0.4, -0.2) is 25.3 Å². The average molecular weight is 379 g/mol. The average Bonchev–Trinajstić information content (AvgIpc) is 2.73. The molecule has 0 aliphatic heterocycles. The van der Waals surface area contributed by atoms with Gasteiger partial charge in [-0.05, 0) is 60.5 Å². The molecule has 1 N–H and O–H groups in total. The van der Waals surface area contributed by atoms with Crippen molar-refractivity contribution in [1.82, 2.24) is 5.43 Å². The van der Waals surface area contributed by atoms with E-state index in [1.807, 2.05) is 30.3 Å². The molecule has 2 aromatic rings. The molecule has 2 aromatic carbocycles. The first-order valence-corrected chi connectivity index (χ1v) is 9.39. The minimum Gasteiger partial charge on any atom is -0.494 e. The van der Waals surface area contributed by atoms with Gasteiger partial charge in [0.2, 0.25) is 0 Å². The van der Waals surface area contributed by atoms with Gasteiger partial charge < -0.3 is 9.47 Å². The number of hydrogen-bond acceptors (Lipinski definition) is 5. The molecule has 0 fully saturated rings. The lowest BCUT2D eigenvalue weighted by atomic mass is 10.2. The Bertz CT molecular complexity index is 793. The van der Waals surface area contributed by atoms with E-state index in [-0.39, 0.29) is 12.5 Å². The molecule has 0 heterocycles. The standard InChI is InChI=1S/C22H25N3O3/c1-2-3-4-5-14-27-20-12-8-19(9-13-20)16-24-25-22(26)17-28-21-10-6-18(15-23)7-11-21/h6-13,16H,2-5,14,17H2,1H3,(H,25,26)/b24-16-. The summed E-state index contributed by atoms with van der Waals surface area (Å²) in [6.07, 6.45) is 6.27. The van der Waals surface area contributed by atoms with Gasteiger partial charge in [0.1, 0.15) is 11.5 Å². The molecule has 0 atom stereocenters. The zero-order chi connectivity index (χ0) is 20.0. The molecular weight excluding hydrogens is 354 g/mol. The van der Waals surface area contributed by atoms with Crippen LogP contribution in [-0.2, 0) is 4.79 Å². The normalized spacial score (nSPS) is 10.4. The maximum atomic E-state index is 11.8. The molecule has 0 aliphatic carbocycles. The number of amides is 1. The third-order valence-electron chi connectivity index (χ3n) is 3.90. The first-order chi connectivity index (χ1) is 13.7. The van der Waals surface area contributed by atoms with Gasteiger partial charge in [0.25, 0.3) is 5.91 Å². The molecule has 28 heavy (non-hydrogen) atoms. The van der Waals surface area contributed by atoms with Crippen molar-refractivity contribution in [2.24, 2.45) is 5.10 Å². The van der Waals surface area contributed by atoms with E-state index in [9.17, 15) is 4.79 Å². The van der Waals surface area contributed by atoms with E-state index in [4.69, 9.17) is 14.7 Å². The second-order valence-corrected chi connectivity index (χ2v) is 6.20. The zero-order valence-corrected chi connectivity index (χ0v) is 16.1. The summed E-state index contributed by atoms with van der Waals surface area (Å²) in [6.45, 7) is 2.75. The van der Waals surface area contributed by atoms with Crippen LogP contribution < -0.4 is 14.9 Å². The number of ether oxygens (including phenoxy) is 2. The molecule has 0 saturated heterocycles. The monoisotopic (exact) mass is 379 g/mol. The lowest BCUT2D eigenvalue weighted by Crippen LogP contribution is -2.24. The summed E-state index contributed by atoms with van der Waals surface area (Å²) >= 11 is 0. The van der Waals surface area contributed by atoms with Crippen molar-refractivity contribution in [3.05, 3.63) is 59.7 Å². The number of unbranched alkanes of at least 4 members (excludes halogenated alkanes) is 3. The summed E-state index contributed by atoms with van der Waals surface area (Å²) in [7, 11) is 0. The van der Waals surface area contributed by atoms with Crippen molar-refractivity contribution in [3.63, 3.8) is 0 Å². The number of nitrogens with one attached hydrogen (secondary N) is 1. The molecule has 6 nitrogen and oxygen atoms in total. The van der Waals surface area contributed by atoms with Gasteiger partial charge in [-0.15, -0.1) is 0 Å². The van der Waals surface area contributed by atoms with Gasteiger partial charge >= 0.3 is 0 Å². The fourth-order valence-electron chi connectivity index (χ4n) is 2.35. The number of benzene rings is 2. The minimum atomic E-state index is -0.368. The largest absolute Gasteiger partial charge is 0.494 e. The van der Waals surface area contributed by atoms with Gasteiger partial charge in [-0.25, -0.2) is 5.43 Å². The van der Waals surface area contributed by atoms with E-state index < -0.39 is 0 Å². The Hall–Kier alpha value is -3.33. The summed E-state index contributed by atoms with van der Waals surface area (Å²) < 4.78 is 11.0. The van der Waals surface area contributed by atoms with Crippen LogP contribution >= 0.6 is 0 Å². The predicted molar refractivity (Wildman–Crippen MR) is 108 cm³/mol. The SMILES string of the molecule is CCCCCCOc1ccc(/C=N\NC(=O)COc2ccc(C#N)cc2)cc1. The Labute approximate surface area is 165 Å². The third kappa shape index (κ3) is 7.92. The summed E-state index contributed by atoms with van der Waals surface area (Å²) in [4.78, 5) is 11.8. The minimum absolute atomic E-state index is 0.159. The number of hydrogen-bond donors (Lipinski definition) is 1.